The molecule has 0 fully saturated rings. The van der Waals surface area contributed by atoms with Crippen LogP contribution in [0.25, 0.3) is 0 Å². The Hall–Kier alpha value is -2.12. The van der Waals surface area contributed by atoms with E-state index in [4.69, 9.17) is 4.74 Å². The summed E-state index contributed by atoms with van der Waals surface area (Å²) in [5, 5.41) is 4.96. The molecule has 8 heteroatoms. The summed E-state index contributed by atoms with van der Waals surface area (Å²) in [6.07, 6.45) is -0.748. The highest BCUT2D eigenvalue weighted by Gasteiger charge is 2.27. The van der Waals surface area contributed by atoms with E-state index >= 15 is 0 Å². The standard InChI is InChI=1S/C16H28N2O6/c1-10(2)13(18-15(22)24-16(3,4)5)14(21)17-9-11(19)7-8-12(20)23-6/h10,13H,7-9H2,1-6H3,(H,17,21)(H,18,22)/t13-/m1/s1. The second-order valence-corrected chi connectivity index (χ2v) is 6.70. The Balaban J connectivity index is 4.47. The number of nitrogens with one attached hydrogen (secondary N) is 2. The molecule has 0 saturated heterocycles. The van der Waals surface area contributed by atoms with Gasteiger partial charge in [0.05, 0.1) is 20.1 Å². The largest absolute Gasteiger partial charge is 0.469 e. The van der Waals surface area contributed by atoms with Gasteiger partial charge in [0.25, 0.3) is 0 Å². The van der Waals surface area contributed by atoms with Crippen molar-refractivity contribution in [2.45, 2.75) is 59.1 Å². The molecule has 0 unspecified atom stereocenters. The lowest BCUT2D eigenvalue weighted by atomic mass is 10.0. The lowest BCUT2D eigenvalue weighted by molar-refractivity contribution is -0.141. The summed E-state index contributed by atoms with van der Waals surface area (Å²) in [5.41, 5.74) is -0.675. The van der Waals surface area contributed by atoms with Gasteiger partial charge in [-0.05, 0) is 26.7 Å². The second kappa shape index (κ2) is 9.89. The molecule has 0 aromatic carbocycles. The number of ketones is 1. The molecular formula is C16H28N2O6. The van der Waals surface area contributed by atoms with Crippen molar-refractivity contribution in [1.29, 1.82) is 0 Å². The fourth-order valence-corrected chi connectivity index (χ4v) is 1.70. The molecule has 24 heavy (non-hydrogen) atoms. The van der Waals surface area contributed by atoms with Gasteiger partial charge >= 0.3 is 12.1 Å². The Morgan fingerprint density at radius 2 is 1.62 bits per heavy atom. The van der Waals surface area contributed by atoms with Crippen molar-refractivity contribution in [3.8, 4) is 0 Å². The van der Waals surface area contributed by atoms with E-state index in [2.05, 4.69) is 15.4 Å². The van der Waals surface area contributed by atoms with E-state index in [9.17, 15) is 19.2 Å². The highest BCUT2D eigenvalue weighted by molar-refractivity contribution is 5.91. The summed E-state index contributed by atoms with van der Waals surface area (Å²) in [6.45, 7) is 8.47. The minimum atomic E-state index is -0.826. The van der Waals surface area contributed by atoms with Gasteiger partial charge in [0, 0.05) is 6.42 Å². The van der Waals surface area contributed by atoms with Crippen LogP contribution in [0.5, 0.6) is 0 Å². The first-order valence-electron chi connectivity index (χ1n) is 7.82. The van der Waals surface area contributed by atoms with Gasteiger partial charge in [0.1, 0.15) is 11.6 Å². The third-order valence-electron chi connectivity index (χ3n) is 2.92. The number of methoxy groups -OCH3 is 1. The van der Waals surface area contributed by atoms with Gasteiger partial charge in [0.2, 0.25) is 5.91 Å². The van der Waals surface area contributed by atoms with Crippen molar-refractivity contribution in [2.24, 2.45) is 5.92 Å². The molecule has 0 aromatic rings. The number of esters is 1. The summed E-state index contributed by atoms with van der Waals surface area (Å²) >= 11 is 0. The summed E-state index contributed by atoms with van der Waals surface area (Å²) in [5.74, 6) is -1.46. The van der Waals surface area contributed by atoms with Gasteiger partial charge in [-0.2, -0.15) is 0 Å². The van der Waals surface area contributed by atoms with Gasteiger partial charge in [0.15, 0.2) is 5.78 Å². The van der Waals surface area contributed by atoms with Crippen molar-refractivity contribution in [3.63, 3.8) is 0 Å². The molecule has 0 bridgehead atoms. The molecular weight excluding hydrogens is 316 g/mol. The molecule has 0 spiro atoms. The van der Waals surface area contributed by atoms with Crippen LogP contribution in [0.1, 0.15) is 47.5 Å². The van der Waals surface area contributed by atoms with Gasteiger partial charge in [-0.25, -0.2) is 4.79 Å². The van der Waals surface area contributed by atoms with Crippen LogP contribution in [-0.4, -0.2) is 49.1 Å². The predicted octanol–water partition coefficient (Wildman–Crippen LogP) is 1.17. The first-order valence-corrected chi connectivity index (χ1v) is 7.82. The predicted molar refractivity (Wildman–Crippen MR) is 87.3 cm³/mol. The molecule has 0 aliphatic rings. The zero-order valence-electron chi connectivity index (χ0n) is 15.2. The van der Waals surface area contributed by atoms with Crippen molar-refractivity contribution in [2.75, 3.05) is 13.7 Å². The third kappa shape index (κ3) is 9.81. The molecule has 0 heterocycles. The summed E-state index contributed by atoms with van der Waals surface area (Å²) in [7, 11) is 1.24. The molecule has 0 aliphatic carbocycles. The first-order chi connectivity index (χ1) is 11.0. The van der Waals surface area contributed by atoms with Gasteiger partial charge in [-0.3, -0.25) is 14.4 Å². The molecule has 1 atom stereocenters. The van der Waals surface area contributed by atoms with E-state index in [0.717, 1.165) is 0 Å². The smallest absolute Gasteiger partial charge is 0.408 e. The van der Waals surface area contributed by atoms with Crippen molar-refractivity contribution in [1.82, 2.24) is 10.6 Å². The quantitative estimate of drug-likeness (QED) is 0.640. The van der Waals surface area contributed by atoms with E-state index in [-0.39, 0.29) is 31.1 Å². The number of ether oxygens (including phenoxy) is 2. The zero-order valence-corrected chi connectivity index (χ0v) is 15.2. The maximum Gasteiger partial charge on any atom is 0.408 e. The minimum Gasteiger partial charge on any atom is -0.469 e. The van der Waals surface area contributed by atoms with Gasteiger partial charge in [-0.15, -0.1) is 0 Å². The number of hydrogen-bond donors (Lipinski definition) is 2. The van der Waals surface area contributed by atoms with Crippen molar-refractivity contribution < 1.29 is 28.7 Å². The number of alkyl carbamates (subject to hydrolysis) is 1. The van der Waals surface area contributed by atoms with Crippen LogP contribution in [0.15, 0.2) is 0 Å². The average molecular weight is 344 g/mol. The molecule has 8 nitrogen and oxygen atoms in total. The molecule has 2 N–H and O–H groups in total. The van der Waals surface area contributed by atoms with Gasteiger partial charge < -0.3 is 20.1 Å². The number of amides is 2. The second-order valence-electron chi connectivity index (χ2n) is 6.70. The Morgan fingerprint density at radius 3 is 2.08 bits per heavy atom. The minimum absolute atomic E-state index is 0.0151. The molecule has 138 valence electrons. The number of rotatable bonds is 8. The summed E-state index contributed by atoms with van der Waals surface area (Å²) in [6, 6.07) is -0.826. The molecule has 0 radical (unpaired) electrons. The Kier molecular flexibility index (Phi) is 9.02. The fraction of sp³-hybridized carbons (Fsp3) is 0.750. The maximum absolute atomic E-state index is 12.2. The van der Waals surface area contributed by atoms with Crippen molar-refractivity contribution >= 4 is 23.8 Å². The highest BCUT2D eigenvalue weighted by atomic mass is 16.6. The lowest BCUT2D eigenvalue weighted by Crippen LogP contribution is -2.51. The SMILES string of the molecule is COC(=O)CCC(=O)CNC(=O)[C@H](NC(=O)OC(C)(C)C)C(C)C. The number of carbonyl (C=O) groups is 4. The van der Waals surface area contributed by atoms with Crippen molar-refractivity contribution in [3.05, 3.63) is 0 Å². The van der Waals surface area contributed by atoms with E-state index < -0.39 is 29.6 Å². The summed E-state index contributed by atoms with van der Waals surface area (Å²) in [4.78, 5) is 46.6. The number of hydrogen-bond acceptors (Lipinski definition) is 6. The maximum atomic E-state index is 12.2. The molecule has 0 aliphatic heterocycles. The average Bonchev–Trinajstić information content (AvgIpc) is 2.45. The number of carbonyl (C=O) groups excluding carboxylic acids is 4. The Morgan fingerprint density at radius 1 is 1.04 bits per heavy atom. The lowest BCUT2D eigenvalue weighted by Gasteiger charge is -2.25. The van der Waals surface area contributed by atoms with E-state index in [1.165, 1.54) is 7.11 Å². The fourth-order valence-electron chi connectivity index (χ4n) is 1.70. The van der Waals surface area contributed by atoms with Crippen LogP contribution >= 0.6 is 0 Å². The van der Waals surface area contributed by atoms with E-state index in [1.54, 1.807) is 34.6 Å². The Bertz CT molecular complexity index is 468. The molecule has 2 amide bonds. The highest BCUT2D eigenvalue weighted by Crippen LogP contribution is 2.09. The molecule has 0 aromatic heterocycles. The Labute approximate surface area is 142 Å². The summed E-state index contributed by atoms with van der Waals surface area (Å²) < 4.78 is 9.56. The van der Waals surface area contributed by atoms with Crippen LogP contribution in [-0.2, 0) is 23.9 Å². The van der Waals surface area contributed by atoms with Crippen LogP contribution in [0, 0.1) is 5.92 Å². The topological polar surface area (TPSA) is 111 Å². The van der Waals surface area contributed by atoms with E-state index in [1.807, 2.05) is 0 Å². The monoisotopic (exact) mass is 344 g/mol. The normalized spacial score (nSPS) is 12.3. The molecule has 0 saturated carbocycles. The van der Waals surface area contributed by atoms with Crippen LogP contribution in [0.4, 0.5) is 4.79 Å². The van der Waals surface area contributed by atoms with Gasteiger partial charge in [-0.1, -0.05) is 13.8 Å². The van der Waals surface area contributed by atoms with Crippen LogP contribution in [0.3, 0.4) is 0 Å². The number of Topliss-reactive ketones (excluding diaryl/α,β-unsaturated/α-hetero) is 1. The third-order valence-corrected chi connectivity index (χ3v) is 2.92. The van der Waals surface area contributed by atoms with Crippen LogP contribution < -0.4 is 10.6 Å². The zero-order chi connectivity index (χ0) is 18.9. The molecule has 0 rings (SSSR count). The van der Waals surface area contributed by atoms with E-state index in [0.29, 0.717) is 0 Å². The first kappa shape index (κ1) is 21.9. The van der Waals surface area contributed by atoms with Crippen LogP contribution in [0.2, 0.25) is 0 Å².